The van der Waals surface area contributed by atoms with Gasteiger partial charge < -0.3 is 15.1 Å². The number of piperidine rings is 1. The maximum atomic E-state index is 13.8. The van der Waals surface area contributed by atoms with Crippen LogP contribution in [0, 0.1) is 18.7 Å². The molecule has 2 saturated heterocycles. The third-order valence-electron chi connectivity index (χ3n) is 6.09. The standard InChI is InChI=1S/C24H28FN3O2S/c1-17-13-18(7-8-22(17)25)19-14-20(23(29)27-9-11-31-12-10-27)16-28(15-19)24(30)26-21-5-3-2-4-6-21/h2-8,13,19-20H,9-12,14-16H2,1H3,(H,26,30). The van der Waals surface area contributed by atoms with E-state index in [0.717, 1.165) is 35.8 Å². The van der Waals surface area contributed by atoms with Gasteiger partial charge in [0.1, 0.15) is 5.82 Å². The molecule has 3 amide bonds. The number of hydrogen-bond donors (Lipinski definition) is 1. The molecule has 5 nitrogen and oxygen atoms in total. The summed E-state index contributed by atoms with van der Waals surface area (Å²) in [5.74, 6) is 1.53. The number of amides is 3. The zero-order valence-corrected chi connectivity index (χ0v) is 18.5. The van der Waals surface area contributed by atoms with Gasteiger partial charge in [0.25, 0.3) is 0 Å². The van der Waals surface area contributed by atoms with Crippen molar-refractivity contribution >= 4 is 29.4 Å². The molecule has 7 heteroatoms. The van der Waals surface area contributed by atoms with Gasteiger partial charge in [-0.2, -0.15) is 11.8 Å². The summed E-state index contributed by atoms with van der Waals surface area (Å²) in [5.41, 5.74) is 2.28. The molecule has 4 rings (SSSR count). The van der Waals surface area contributed by atoms with Crippen molar-refractivity contribution in [1.29, 1.82) is 0 Å². The van der Waals surface area contributed by atoms with E-state index in [1.165, 1.54) is 6.07 Å². The van der Waals surface area contributed by atoms with Crippen molar-refractivity contribution in [2.75, 3.05) is 43.0 Å². The average molecular weight is 442 g/mol. The van der Waals surface area contributed by atoms with Gasteiger partial charge in [-0.1, -0.05) is 30.3 Å². The Morgan fingerprint density at radius 2 is 1.77 bits per heavy atom. The van der Waals surface area contributed by atoms with Gasteiger partial charge in [-0.25, -0.2) is 9.18 Å². The van der Waals surface area contributed by atoms with Crippen LogP contribution in [0.15, 0.2) is 48.5 Å². The largest absolute Gasteiger partial charge is 0.341 e. The summed E-state index contributed by atoms with van der Waals surface area (Å²) in [6, 6.07) is 14.2. The van der Waals surface area contributed by atoms with Crippen LogP contribution in [0.25, 0.3) is 0 Å². The summed E-state index contributed by atoms with van der Waals surface area (Å²) in [5, 5.41) is 2.94. The smallest absolute Gasteiger partial charge is 0.321 e. The lowest BCUT2D eigenvalue weighted by Crippen LogP contribution is -2.51. The minimum Gasteiger partial charge on any atom is -0.341 e. The minimum absolute atomic E-state index is 0.0114. The van der Waals surface area contributed by atoms with Crippen LogP contribution in [0.4, 0.5) is 14.9 Å². The van der Waals surface area contributed by atoms with Gasteiger partial charge in [0.2, 0.25) is 5.91 Å². The average Bonchev–Trinajstić information content (AvgIpc) is 2.81. The van der Waals surface area contributed by atoms with Crippen LogP contribution in [0.2, 0.25) is 0 Å². The van der Waals surface area contributed by atoms with Gasteiger partial charge in [-0.05, 0) is 42.7 Å². The fraction of sp³-hybridized carbons (Fsp3) is 0.417. The predicted octanol–water partition coefficient (Wildman–Crippen LogP) is 4.35. The third kappa shape index (κ3) is 5.21. The SMILES string of the molecule is Cc1cc(C2CC(C(=O)N3CCSCC3)CN(C(=O)Nc3ccccc3)C2)ccc1F. The highest BCUT2D eigenvalue weighted by atomic mass is 32.2. The van der Waals surface area contributed by atoms with E-state index < -0.39 is 0 Å². The fourth-order valence-corrected chi connectivity index (χ4v) is 5.28. The van der Waals surface area contributed by atoms with Crippen LogP contribution in [-0.2, 0) is 4.79 Å². The van der Waals surface area contributed by atoms with Gasteiger partial charge in [0.05, 0.1) is 5.92 Å². The number of aryl methyl sites for hydroxylation is 1. The molecule has 164 valence electrons. The molecule has 0 spiro atoms. The second-order valence-electron chi connectivity index (χ2n) is 8.28. The van der Waals surface area contributed by atoms with Crippen molar-refractivity contribution < 1.29 is 14.0 Å². The van der Waals surface area contributed by atoms with Crippen molar-refractivity contribution in [1.82, 2.24) is 9.80 Å². The number of para-hydroxylation sites is 1. The van der Waals surface area contributed by atoms with Crippen LogP contribution in [0.3, 0.4) is 0 Å². The molecule has 2 atom stereocenters. The monoisotopic (exact) mass is 441 g/mol. The topological polar surface area (TPSA) is 52.7 Å². The number of anilines is 1. The van der Waals surface area contributed by atoms with E-state index in [0.29, 0.717) is 25.1 Å². The van der Waals surface area contributed by atoms with E-state index in [2.05, 4.69) is 5.32 Å². The summed E-state index contributed by atoms with van der Waals surface area (Å²) in [6.07, 6.45) is 0.669. The fourth-order valence-electron chi connectivity index (χ4n) is 4.37. The van der Waals surface area contributed by atoms with Crippen LogP contribution < -0.4 is 5.32 Å². The van der Waals surface area contributed by atoms with E-state index in [9.17, 15) is 14.0 Å². The highest BCUT2D eigenvalue weighted by Gasteiger charge is 2.37. The lowest BCUT2D eigenvalue weighted by molar-refractivity contribution is -0.136. The molecule has 0 aromatic heterocycles. The van der Waals surface area contributed by atoms with E-state index >= 15 is 0 Å². The molecule has 2 fully saturated rings. The van der Waals surface area contributed by atoms with Gasteiger partial charge >= 0.3 is 6.03 Å². The lowest BCUT2D eigenvalue weighted by atomic mass is 9.83. The molecule has 0 aliphatic carbocycles. The maximum absolute atomic E-state index is 13.8. The molecule has 0 saturated carbocycles. The summed E-state index contributed by atoms with van der Waals surface area (Å²) < 4.78 is 13.8. The Hall–Kier alpha value is -2.54. The zero-order valence-electron chi connectivity index (χ0n) is 17.7. The number of thioether (sulfide) groups is 1. The number of rotatable bonds is 3. The highest BCUT2D eigenvalue weighted by molar-refractivity contribution is 7.99. The quantitative estimate of drug-likeness (QED) is 0.771. The molecule has 1 N–H and O–H groups in total. The molecule has 31 heavy (non-hydrogen) atoms. The number of carbonyl (C=O) groups is 2. The van der Waals surface area contributed by atoms with E-state index in [1.807, 2.05) is 53.1 Å². The Bertz CT molecular complexity index is 934. The van der Waals surface area contributed by atoms with Crippen molar-refractivity contribution in [3.63, 3.8) is 0 Å². The van der Waals surface area contributed by atoms with E-state index in [1.54, 1.807) is 17.9 Å². The van der Waals surface area contributed by atoms with Crippen LogP contribution >= 0.6 is 11.8 Å². The van der Waals surface area contributed by atoms with E-state index in [4.69, 9.17) is 0 Å². The molecule has 2 aliphatic heterocycles. The van der Waals surface area contributed by atoms with Gasteiger partial charge in [0, 0.05) is 49.3 Å². The normalized spacial score (nSPS) is 21.6. The van der Waals surface area contributed by atoms with Crippen molar-refractivity contribution in [3.05, 3.63) is 65.5 Å². The number of likely N-dealkylation sites (tertiary alicyclic amines) is 1. The predicted molar refractivity (Wildman–Crippen MR) is 123 cm³/mol. The molecule has 0 bridgehead atoms. The Labute approximate surface area is 187 Å². The number of nitrogens with one attached hydrogen (secondary N) is 1. The molecule has 2 aromatic rings. The van der Waals surface area contributed by atoms with Crippen molar-refractivity contribution in [2.45, 2.75) is 19.3 Å². The van der Waals surface area contributed by atoms with Crippen LogP contribution in [0.1, 0.15) is 23.5 Å². The van der Waals surface area contributed by atoms with Crippen molar-refractivity contribution in [2.24, 2.45) is 5.92 Å². The number of hydrogen-bond acceptors (Lipinski definition) is 3. The summed E-state index contributed by atoms with van der Waals surface area (Å²) in [6.45, 7) is 4.17. The molecule has 0 radical (unpaired) electrons. The number of nitrogens with zero attached hydrogens (tertiary/aromatic N) is 2. The second kappa shape index (κ2) is 9.73. The number of benzene rings is 2. The second-order valence-corrected chi connectivity index (χ2v) is 9.50. The molecule has 2 aliphatic rings. The number of carbonyl (C=O) groups excluding carboxylic acids is 2. The number of urea groups is 1. The Balaban J connectivity index is 1.55. The Morgan fingerprint density at radius 1 is 1.03 bits per heavy atom. The zero-order chi connectivity index (χ0) is 21.8. The Morgan fingerprint density at radius 3 is 2.48 bits per heavy atom. The molecule has 2 aromatic carbocycles. The van der Waals surface area contributed by atoms with Crippen LogP contribution in [0.5, 0.6) is 0 Å². The first-order valence-corrected chi connectivity index (χ1v) is 11.9. The maximum Gasteiger partial charge on any atom is 0.321 e. The minimum atomic E-state index is -0.256. The lowest BCUT2D eigenvalue weighted by Gasteiger charge is -2.40. The first-order valence-electron chi connectivity index (χ1n) is 10.7. The van der Waals surface area contributed by atoms with Gasteiger partial charge in [-0.3, -0.25) is 4.79 Å². The third-order valence-corrected chi connectivity index (χ3v) is 7.03. The first kappa shape index (κ1) is 21.7. The number of halogens is 1. The van der Waals surface area contributed by atoms with Crippen molar-refractivity contribution in [3.8, 4) is 0 Å². The molecule has 2 heterocycles. The Kier molecular flexibility index (Phi) is 6.80. The first-order chi connectivity index (χ1) is 15.0. The van der Waals surface area contributed by atoms with E-state index in [-0.39, 0.29) is 29.6 Å². The summed E-state index contributed by atoms with van der Waals surface area (Å²) >= 11 is 1.87. The van der Waals surface area contributed by atoms with Gasteiger partial charge in [-0.15, -0.1) is 0 Å². The summed E-state index contributed by atoms with van der Waals surface area (Å²) in [4.78, 5) is 30.0. The summed E-state index contributed by atoms with van der Waals surface area (Å²) in [7, 11) is 0. The molecular weight excluding hydrogens is 413 g/mol. The van der Waals surface area contributed by atoms with Gasteiger partial charge in [0.15, 0.2) is 0 Å². The highest BCUT2D eigenvalue weighted by Crippen LogP contribution is 2.33. The van der Waals surface area contributed by atoms with Crippen LogP contribution in [-0.4, -0.2) is 59.4 Å². The molecule has 2 unspecified atom stereocenters. The molecular formula is C24H28FN3O2S.